The number of aromatic amines is 1. The molecule has 0 saturated heterocycles. The molecule has 0 aliphatic carbocycles. The third-order valence-corrected chi connectivity index (χ3v) is 4.00. The van der Waals surface area contributed by atoms with E-state index in [2.05, 4.69) is 11.6 Å². The quantitative estimate of drug-likeness (QED) is 0.510. The number of carbonyl (C=O) groups is 1. The van der Waals surface area contributed by atoms with Gasteiger partial charge < -0.3 is 15.2 Å². The predicted molar refractivity (Wildman–Crippen MR) is 87.4 cm³/mol. The van der Waals surface area contributed by atoms with Crippen LogP contribution < -0.4 is 0 Å². The van der Waals surface area contributed by atoms with E-state index in [1.54, 1.807) is 13.0 Å². The van der Waals surface area contributed by atoms with Gasteiger partial charge in [-0.3, -0.25) is 4.79 Å². The SMILES string of the molecule is C=C(C)[C@@H](O)Cc1c(O)c(C=O)cc2c1[nH]c1ccccc12. The average molecular weight is 295 g/mol. The van der Waals surface area contributed by atoms with Gasteiger partial charge in [0.2, 0.25) is 0 Å². The fraction of sp³-hybridized carbons (Fsp3) is 0.167. The number of H-pyrrole nitrogens is 1. The van der Waals surface area contributed by atoms with Crippen molar-refractivity contribution in [3.05, 3.63) is 53.6 Å². The Morgan fingerprint density at radius 2 is 2.09 bits per heavy atom. The summed E-state index contributed by atoms with van der Waals surface area (Å²) >= 11 is 0. The van der Waals surface area contributed by atoms with Crippen molar-refractivity contribution < 1.29 is 15.0 Å². The number of aromatic nitrogens is 1. The number of aromatic hydroxyl groups is 1. The first kappa shape index (κ1) is 14.4. The van der Waals surface area contributed by atoms with Crippen molar-refractivity contribution in [3.63, 3.8) is 0 Å². The standard InChI is InChI=1S/C18H17NO3/c1-10(2)16(21)8-14-17-13(7-11(9-20)18(14)22)12-5-3-4-6-15(12)19-17/h3-7,9,16,19,21-22H,1,8H2,2H3/t16-/m0/s1. The first-order valence-electron chi connectivity index (χ1n) is 7.06. The van der Waals surface area contributed by atoms with Crippen LogP contribution in [0, 0.1) is 0 Å². The summed E-state index contributed by atoms with van der Waals surface area (Å²) in [6.07, 6.45) is 0.0572. The number of aliphatic hydroxyl groups is 1. The van der Waals surface area contributed by atoms with Crippen LogP contribution in [0.1, 0.15) is 22.8 Å². The largest absolute Gasteiger partial charge is 0.507 e. The van der Waals surface area contributed by atoms with E-state index in [9.17, 15) is 15.0 Å². The lowest BCUT2D eigenvalue weighted by Crippen LogP contribution is -2.12. The molecule has 3 rings (SSSR count). The van der Waals surface area contributed by atoms with Crippen molar-refractivity contribution in [1.82, 2.24) is 4.98 Å². The summed E-state index contributed by atoms with van der Waals surface area (Å²) in [6, 6.07) is 9.41. The van der Waals surface area contributed by atoms with E-state index in [4.69, 9.17) is 0 Å². The number of aldehydes is 1. The molecule has 112 valence electrons. The molecule has 3 N–H and O–H groups in total. The van der Waals surface area contributed by atoms with Gasteiger partial charge in [0.05, 0.1) is 17.2 Å². The van der Waals surface area contributed by atoms with Gasteiger partial charge in [-0.05, 0) is 19.1 Å². The lowest BCUT2D eigenvalue weighted by atomic mass is 9.97. The van der Waals surface area contributed by atoms with Gasteiger partial charge in [-0.15, -0.1) is 0 Å². The maximum absolute atomic E-state index is 11.3. The van der Waals surface area contributed by atoms with Crippen LogP contribution in [0.5, 0.6) is 5.75 Å². The Labute approximate surface area is 127 Å². The van der Waals surface area contributed by atoms with Crippen LogP contribution in [0.2, 0.25) is 0 Å². The molecule has 0 radical (unpaired) electrons. The molecule has 0 aliphatic heterocycles. The highest BCUT2D eigenvalue weighted by Crippen LogP contribution is 2.35. The molecule has 0 bridgehead atoms. The highest BCUT2D eigenvalue weighted by molar-refractivity contribution is 6.10. The number of carbonyl (C=O) groups excluding carboxylic acids is 1. The summed E-state index contributed by atoms with van der Waals surface area (Å²) in [5, 5.41) is 22.3. The van der Waals surface area contributed by atoms with Crippen LogP contribution >= 0.6 is 0 Å². The number of phenolic OH excluding ortho intramolecular Hbond substituents is 1. The van der Waals surface area contributed by atoms with Gasteiger partial charge in [0, 0.05) is 28.3 Å². The molecule has 1 aromatic heterocycles. The summed E-state index contributed by atoms with van der Waals surface area (Å²) in [5.41, 5.74) is 3.03. The summed E-state index contributed by atoms with van der Waals surface area (Å²) in [6.45, 7) is 5.46. The minimum atomic E-state index is -0.776. The van der Waals surface area contributed by atoms with Crippen molar-refractivity contribution in [3.8, 4) is 5.75 Å². The molecule has 2 aromatic carbocycles. The lowest BCUT2D eigenvalue weighted by molar-refractivity contribution is 0.112. The molecule has 0 fully saturated rings. The highest BCUT2D eigenvalue weighted by atomic mass is 16.3. The van der Waals surface area contributed by atoms with Crippen LogP contribution in [0.15, 0.2) is 42.5 Å². The third-order valence-electron chi connectivity index (χ3n) is 4.00. The molecule has 4 heteroatoms. The predicted octanol–water partition coefficient (Wildman–Crippen LogP) is 3.32. The van der Waals surface area contributed by atoms with E-state index in [1.807, 2.05) is 24.3 Å². The Kier molecular flexibility index (Phi) is 3.47. The highest BCUT2D eigenvalue weighted by Gasteiger charge is 2.19. The van der Waals surface area contributed by atoms with Gasteiger partial charge >= 0.3 is 0 Å². The molecule has 0 unspecified atom stereocenters. The molecule has 0 spiro atoms. The van der Waals surface area contributed by atoms with E-state index in [0.29, 0.717) is 17.4 Å². The van der Waals surface area contributed by atoms with Crippen molar-refractivity contribution in [1.29, 1.82) is 0 Å². The molecule has 22 heavy (non-hydrogen) atoms. The fourth-order valence-electron chi connectivity index (χ4n) is 2.72. The third kappa shape index (κ3) is 2.18. The molecule has 0 saturated carbocycles. The number of nitrogens with one attached hydrogen (secondary N) is 1. The molecule has 1 atom stereocenters. The van der Waals surface area contributed by atoms with Gasteiger partial charge in [0.15, 0.2) is 6.29 Å². The van der Waals surface area contributed by atoms with Crippen LogP contribution in [0.25, 0.3) is 21.8 Å². The second-order valence-corrected chi connectivity index (χ2v) is 5.57. The van der Waals surface area contributed by atoms with Gasteiger partial charge in [-0.1, -0.05) is 30.4 Å². The zero-order chi connectivity index (χ0) is 15.9. The van der Waals surface area contributed by atoms with Crippen molar-refractivity contribution in [2.24, 2.45) is 0 Å². The molecular weight excluding hydrogens is 278 g/mol. The second-order valence-electron chi connectivity index (χ2n) is 5.57. The van der Waals surface area contributed by atoms with Crippen LogP contribution in [0.4, 0.5) is 0 Å². The number of rotatable bonds is 4. The first-order valence-corrected chi connectivity index (χ1v) is 7.06. The van der Waals surface area contributed by atoms with Crippen LogP contribution in [0.3, 0.4) is 0 Å². The molecule has 1 heterocycles. The van der Waals surface area contributed by atoms with Gasteiger partial charge in [-0.2, -0.15) is 0 Å². The maximum atomic E-state index is 11.3. The molecule has 4 nitrogen and oxygen atoms in total. The number of hydrogen-bond acceptors (Lipinski definition) is 3. The van der Waals surface area contributed by atoms with Crippen molar-refractivity contribution >= 4 is 28.1 Å². The average Bonchev–Trinajstić information content (AvgIpc) is 2.87. The summed E-state index contributed by atoms with van der Waals surface area (Å²) in [5.74, 6) is -0.0886. The minimum Gasteiger partial charge on any atom is -0.507 e. The maximum Gasteiger partial charge on any atom is 0.153 e. The Hall–Kier alpha value is -2.59. The number of aliphatic hydroxyl groups excluding tert-OH is 1. The Morgan fingerprint density at radius 3 is 2.77 bits per heavy atom. The lowest BCUT2D eigenvalue weighted by Gasteiger charge is -2.13. The molecule has 3 aromatic rings. The summed E-state index contributed by atoms with van der Waals surface area (Å²) < 4.78 is 0. The van der Waals surface area contributed by atoms with E-state index in [-0.39, 0.29) is 17.7 Å². The monoisotopic (exact) mass is 295 g/mol. The number of para-hydroxylation sites is 1. The van der Waals surface area contributed by atoms with Crippen LogP contribution in [-0.4, -0.2) is 27.6 Å². The van der Waals surface area contributed by atoms with E-state index in [0.717, 1.165) is 21.8 Å². The number of hydrogen-bond donors (Lipinski definition) is 3. The minimum absolute atomic E-state index is 0.0886. The summed E-state index contributed by atoms with van der Waals surface area (Å²) in [4.78, 5) is 14.5. The van der Waals surface area contributed by atoms with E-state index < -0.39 is 6.10 Å². The van der Waals surface area contributed by atoms with Crippen molar-refractivity contribution in [2.45, 2.75) is 19.4 Å². The molecular formula is C18H17NO3. The van der Waals surface area contributed by atoms with E-state index in [1.165, 1.54) is 0 Å². The van der Waals surface area contributed by atoms with E-state index >= 15 is 0 Å². The van der Waals surface area contributed by atoms with Crippen molar-refractivity contribution in [2.75, 3.05) is 0 Å². The zero-order valence-electron chi connectivity index (χ0n) is 12.3. The summed E-state index contributed by atoms with van der Waals surface area (Å²) in [7, 11) is 0. The van der Waals surface area contributed by atoms with Gasteiger partial charge in [0.1, 0.15) is 5.75 Å². The number of phenols is 1. The van der Waals surface area contributed by atoms with Gasteiger partial charge in [0.25, 0.3) is 0 Å². The zero-order valence-corrected chi connectivity index (χ0v) is 12.3. The first-order chi connectivity index (χ1) is 10.5. The van der Waals surface area contributed by atoms with Crippen LogP contribution in [-0.2, 0) is 6.42 Å². The topological polar surface area (TPSA) is 73.3 Å². The van der Waals surface area contributed by atoms with Gasteiger partial charge in [-0.25, -0.2) is 0 Å². The fourth-order valence-corrected chi connectivity index (χ4v) is 2.72. The molecule has 0 aliphatic rings. The smallest absolute Gasteiger partial charge is 0.153 e. The Bertz CT molecular complexity index is 892. The number of benzene rings is 2. The second kappa shape index (κ2) is 5.31. The number of fused-ring (bicyclic) bond motifs is 3. The Morgan fingerprint density at radius 1 is 1.36 bits per heavy atom. The molecule has 0 amide bonds. The normalized spacial score (nSPS) is 12.6. The Balaban J connectivity index is 2.34.